The third kappa shape index (κ3) is 7.08. The van der Waals surface area contributed by atoms with Crippen LogP contribution < -0.4 is 24.2 Å². The summed E-state index contributed by atoms with van der Waals surface area (Å²) in [5.74, 6) is -0.710. The van der Waals surface area contributed by atoms with Crippen molar-refractivity contribution in [3.63, 3.8) is 0 Å². The second-order valence-corrected chi connectivity index (χ2v) is 9.96. The Morgan fingerprint density at radius 2 is 1.65 bits per heavy atom. The van der Waals surface area contributed by atoms with Gasteiger partial charge in [-0.05, 0) is 82.9 Å². The first kappa shape index (κ1) is 28.6. The molecule has 0 radical (unpaired) electrons. The maximum atomic E-state index is 13.3. The van der Waals surface area contributed by atoms with E-state index in [-0.39, 0.29) is 26.2 Å². The Labute approximate surface area is 236 Å². The normalized spacial score (nSPS) is 11.5. The standard InChI is InChI=1S/C31H31NO3S.Li.H/c1-21-8-3-5-12-25(21)28-20-22(14-16-24-11-7-10-23-9-4-6-13-26(23)24)15-17-27(28)30(33)32-29(31(34)35)18-19-36-2;;/h3-13,15,17,20,29H,14,16,18-19H2,1-2H3,(H,32,33)(H,34,35);;/q;+1;-1/t29-;;/m0../s1. The van der Waals surface area contributed by atoms with Crippen LogP contribution in [0.25, 0.3) is 21.9 Å². The molecule has 2 N–H and O–H groups in total. The van der Waals surface area contributed by atoms with Gasteiger partial charge in [0.15, 0.2) is 0 Å². The Bertz CT molecular complexity index is 1390. The molecule has 4 rings (SSSR count). The Morgan fingerprint density at radius 3 is 2.41 bits per heavy atom. The number of nitrogens with one attached hydrogen (secondary N) is 1. The summed E-state index contributed by atoms with van der Waals surface area (Å²) in [6, 6.07) is 27.8. The van der Waals surface area contributed by atoms with Crippen molar-refractivity contribution in [2.24, 2.45) is 0 Å². The SMILES string of the molecule is CSCC[C@H](NC(=O)c1ccc(CCc2cccc3ccccc23)cc1-c1ccccc1C)C(=O)O.[H-].[Li+]. The van der Waals surface area contributed by atoms with Gasteiger partial charge in [-0.25, -0.2) is 4.79 Å². The van der Waals surface area contributed by atoms with Gasteiger partial charge in [0.25, 0.3) is 5.91 Å². The molecule has 4 aromatic rings. The molecular formula is C31H32LiNO3S. The Balaban J connectivity index is 0.00000253. The largest absolute Gasteiger partial charge is 1.00 e. The zero-order valence-corrected chi connectivity index (χ0v) is 22.5. The van der Waals surface area contributed by atoms with Gasteiger partial charge in [-0.3, -0.25) is 4.79 Å². The van der Waals surface area contributed by atoms with Crippen LogP contribution in [0.4, 0.5) is 0 Å². The van der Waals surface area contributed by atoms with Crippen LogP contribution >= 0.6 is 11.8 Å². The van der Waals surface area contributed by atoms with Gasteiger partial charge in [-0.1, -0.05) is 78.9 Å². The van der Waals surface area contributed by atoms with Gasteiger partial charge < -0.3 is 11.8 Å². The van der Waals surface area contributed by atoms with E-state index >= 15 is 0 Å². The van der Waals surface area contributed by atoms with E-state index < -0.39 is 12.0 Å². The van der Waals surface area contributed by atoms with Crippen LogP contribution in [0, 0.1) is 6.92 Å². The van der Waals surface area contributed by atoms with Crippen molar-refractivity contribution in [1.29, 1.82) is 0 Å². The average Bonchev–Trinajstić information content (AvgIpc) is 2.89. The number of carboxylic acids is 1. The van der Waals surface area contributed by atoms with E-state index in [0.717, 1.165) is 35.1 Å². The minimum Gasteiger partial charge on any atom is -1.00 e. The fourth-order valence-corrected chi connectivity index (χ4v) is 5.03. The Morgan fingerprint density at radius 1 is 0.919 bits per heavy atom. The number of amides is 1. The van der Waals surface area contributed by atoms with Gasteiger partial charge in [0.05, 0.1) is 0 Å². The molecule has 0 heterocycles. The van der Waals surface area contributed by atoms with E-state index in [4.69, 9.17) is 0 Å². The molecule has 186 valence electrons. The van der Waals surface area contributed by atoms with Crippen molar-refractivity contribution < 1.29 is 35.0 Å². The van der Waals surface area contributed by atoms with Crippen molar-refractivity contribution in [2.45, 2.75) is 32.2 Å². The molecule has 0 unspecified atom stereocenters. The maximum Gasteiger partial charge on any atom is 1.00 e. The average molecular weight is 506 g/mol. The predicted molar refractivity (Wildman–Crippen MR) is 151 cm³/mol. The number of fused-ring (bicyclic) bond motifs is 1. The number of rotatable bonds is 10. The molecule has 4 aromatic carbocycles. The molecule has 1 atom stereocenters. The maximum absolute atomic E-state index is 13.3. The Kier molecular flexibility index (Phi) is 10.5. The van der Waals surface area contributed by atoms with Crippen LogP contribution in [0.15, 0.2) is 84.9 Å². The van der Waals surface area contributed by atoms with E-state index in [2.05, 4.69) is 53.8 Å². The molecule has 0 aliphatic heterocycles. The predicted octanol–water partition coefficient (Wildman–Crippen LogP) is 3.65. The van der Waals surface area contributed by atoms with E-state index in [1.165, 1.54) is 16.3 Å². The number of benzene rings is 4. The summed E-state index contributed by atoms with van der Waals surface area (Å²) < 4.78 is 0. The monoisotopic (exact) mass is 505 g/mol. The molecule has 1 amide bonds. The van der Waals surface area contributed by atoms with Crippen molar-refractivity contribution >= 4 is 34.4 Å². The first-order chi connectivity index (χ1) is 17.5. The fraction of sp³-hybridized carbons (Fsp3) is 0.226. The van der Waals surface area contributed by atoms with Crippen LogP contribution in [0.5, 0.6) is 0 Å². The van der Waals surface area contributed by atoms with Gasteiger partial charge in [0, 0.05) is 5.56 Å². The van der Waals surface area contributed by atoms with Gasteiger partial charge in [-0.15, -0.1) is 0 Å². The van der Waals surface area contributed by atoms with Crippen LogP contribution in [-0.4, -0.2) is 35.0 Å². The second kappa shape index (κ2) is 13.5. The number of aliphatic carboxylic acids is 1. The van der Waals surface area contributed by atoms with Crippen LogP contribution in [0.1, 0.15) is 34.9 Å². The summed E-state index contributed by atoms with van der Waals surface area (Å²) in [7, 11) is 0. The molecule has 4 nitrogen and oxygen atoms in total. The van der Waals surface area contributed by atoms with Crippen molar-refractivity contribution in [1.82, 2.24) is 5.32 Å². The van der Waals surface area contributed by atoms with Crippen molar-refractivity contribution in [2.75, 3.05) is 12.0 Å². The molecule has 0 aliphatic carbocycles. The van der Waals surface area contributed by atoms with E-state index in [0.29, 0.717) is 17.7 Å². The summed E-state index contributed by atoms with van der Waals surface area (Å²) in [5, 5.41) is 14.8. The summed E-state index contributed by atoms with van der Waals surface area (Å²) in [4.78, 5) is 25.0. The number of thioether (sulfide) groups is 1. The Hall–Kier alpha value is -2.97. The molecular weight excluding hydrogens is 473 g/mol. The molecule has 6 heteroatoms. The zero-order valence-electron chi connectivity index (χ0n) is 22.7. The molecule has 0 saturated carbocycles. The molecule has 0 aliphatic rings. The summed E-state index contributed by atoms with van der Waals surface area (Å²) in [6.07, 6.45) is 4.02. The smallest absolute Gasteiger partial charge is 1.00 e. The van der Waals surface area contributed by atoms with Crippen molar-refractivity contribution in [3.05, 3.63) is 107 Å². The third-order valence-electron chi connectivity index (χ3n) is 6.54. The van der Waals surface area contributed by atoms with E-state index in [1.807, 2.05) is 49.6 Å². The van der Waals surface area contributed by atoms with Gasteiger partial charge in [0.1, 0.15) is 6.04 Å². The summed E-state index contributed by atoms with van der Waals surface area (Å²) in [6.45, 7) is 2.03. The molecule has 0 saturated heterocycles. The quantitative estimate of drug-likeness (QED) is 0.323. The van der Waals surface area contributed by atoms with Gasteiger partial charge >= 0.3 is 24.8 Å². The van der Waals surface area contributed by atoms with Crippen molar-refractivity contribution in [3.8, 4) is 11.1 Å². The molecule has 0 bridgehead atoms. The second-order valence-electron chi connectivity index (χ2n) is 8.98. The molecule has 37 heavy (non-hydrogen) atoms. The van der Waals surface area contributed by atoms with Gasteiger partial charge in [-0.2, -0.15) is 11.8 Å². The fourth-order valence-electron chi connectivity index (χ4n) is 4.56. The molecule has 0 spiro atoms. The van der Waals surface area contributed by atoms with Crippen LogP contribution in [-0.2, 0) is 17.6 Å². The number of carbonyl (C=O) groups is 2. The minimum atomic E-state index is -1.01. The van der Waals surface area contributed by atoms with Crippen LogP contribution in [0.3, 0.4) is 0 Å². The van der Waals surface area contributed by atoms with Crippen LogP contribution in [0.2, 0.25) is 0 Å². The van der Waals surface area contributed by atoms with E-state index in [9.17, 15) is 14.7 Å². The number of hydrogen-bond acceptors (Lipinski definition) is 3. The number of carboxylic acid groups (broad SMARTS) is 1. The topological polar surface area (TPSA) is 66.4 Å². The molecule has 0 fully saturated rings. The number of carbonyl (C=O) groups excluding carboxylic acids is 1. The first-order valence-corrected chi connectivity index (χ1v) is 13.6. The summed E-state index contributed by atoms with van der Waals surface area (Å²) >= 11 is 1.56. The summed E-state index contributed by atoms with van der Waals surface area (Å²) in [5.41, 5.74) is 5.80. The number of aryl methyl sites for hydroxylation is 3. The number of hydrogen-bond donors (Lipinski definition) is 2. The first-order valence-electron chi connectivity index (χ1n) is 12.2. The zero-order chi connectivity index (χ0) is 25.5. The molecule has 0 aromatic heterocycles. The van der Waals surface area contributed by atoms with Gasteiger partial charge in [0.2, 0.25) is 0 Å². The third-order valence-corrected chi connectivity index (χ3v) is 7.18. The minimum absolute atomic E-state index is 0. The van der Waals surface area contributed by atoms with E-state index in [1.54, 1.807) is 11.8 Å².